The summed E-state index contributed by atoms with van der Waals surface area (Å²) in [6, 6.07) is 5.92. The summed E-state index contributed by atoms with van der Waals surface area (Å²) in [4.78, 5) is 3.80. The van der Waals surface area contributed by atoms with Gasteiger partial charge in [0.2, 0.25) is 0 Å². The van der Waals surface area contributed by atoms with Gasteiger partial charge in [0.05, 0.1) is 11.2 Å². The van der Waals surface area contributed by atoms with Gasteiger partial charge in [-0.3, -0.25) is 4.98 Å². The topological polar surface area (TPSA) is 24.9 Å². The second-order valence-corrected chi connectivity index (χ2v) is 4.69. The van der Waals surface area contributed by atoms with Gasteiger partial charge < -0.3 is 5.32 Å². The Bertz CT molecular complexity index is 575. The van der Waals surface area contributed by atoms with Crippen molar-refractivity contribution in [2.24, 2.45) is 0 Å². The van der Waals surface area contributed by atoms with Crippen LogP contribution in [0.15, 0.2) is 36.7 Å². The van der Waals surface area contributed by atoms with Crippen LogP contribution in [-0.2, 0) is 6.54 Å². The monoisotopic (exact) mass is 282 g/mol. The number of rotatable bonds is 4. The lowest BCUT2D eigenvalue weighted by Crippen LogP contribution is -2.18. The van der Waals surface area contributed by atoms with E-state index < -0.39 is 5.82 Å². The van der Waals surface area contributed by atoms with Crippen molar-refractivity contribution in [3.63, 3.8) is 0 Å². The second kappa shape index (κ2) is 6.08. The zero-order valence-corrected chi connectivity index (χ0v) is 11.1. The first-order valence-electron chi connectivity index (χ1n) is 5.84. The highest BCUT2D eigenvalue weighted by Crippen LogP contribution is 2.17. The minimum Gasteiger partial charge on any atom is -0.306 e. The van der Waals surface area contributed by atoms with E-state index in [1.807, 2.05) is 6.92 Å². The van der Waals surface area contributed by atoms with Crippen LogP contribution in [-0.4, -0.2) is 4.98 Å². The Kier molecular flexibility index (Phi) is 4.45. The van der Waals surface area contributed by atoms with E-state index in [1.54, 1.807) is 18.3 Å². The van der Waals surface area contributed by atoms with Gasteiger partial charge in [0.15, 0.2) is 0 Å². The molecule has 0 saturated carbocycles. The maximum Gasteiger partial charge on any atom is 0.141 e. The van der Waals surface area contributed by atoms with Crippen LogP contribution in [0, 0.1) is 11.6 Å². The van der Waals surface area contributed by atoms with Crippen molar-refractivity contribution in [2.45, 2.75) is 19.5 Å². The Morgan fingerprint density at radius 2 is 2.05 bits per heavy atom. The first-order valence-corrected chi connectivity index (χ1v) is 6.22. The van der Waals surface area contributed by atoms with E-state index in [1.165, 1.54) is 12.1 Å². The van der Waals surface area contributed by atoms with Crippen LogP contribution in [0.3, 0.4) is 0 Å². The van der Waals surface area contributed by atoms with Crippen LogP contribution < -0.4 is 5.32 Å². The minimum absolute atomic E-state index is 0.0629. The van der Waals surface area contributed by atoms with E-state index in [0.29, 0.717) is 6.54 Å². The number of nitrogens with one attached hydrogen (secondary N) is 1. The van der Waals surface area contributed by atoms with Crippen molar-refractivity contribution in [1.29, 1.82) is 0 Å². The average Bonchev–Trinajstić information content (AvgIpc) is 2.40. The van der Waals surface area contributed by atoms with Crippen LogP contribution in [0.5, 0.6) is 0 Å². The molecule has 0 aliphatic rings. The van der Waals surface area contributed by atoms with Crippen LogP contribution in [0.2, 0.25) is 5.02 Å². The van der Waals surface area contributed by atoms with E-state index in [0.717, 1.165) is 17.3 Å². The quantitative estimate of drug-likeness (QED) is 0.921. The molecule has 19 heavy (non-hydrogen) atoms. The SMILES string of the molecule is CC(NCc1ccc(F)c(Cl)c1)c1cncc(F)c1. The van der Waals surface area contributed by atoms with Gasteiger partial charge >= 0.3 is 0 Å². The lowest BCUT2D eigenvalue weighted by atomic mass is 10.1. The number of aromatic nitrogens is 1. The fourth-order valence-corrected chi connectivity index (χ4v) is 1.91. The van der Waals surface area contributed by atoms with E-state index >= 15 is 0 Å². The summed E-state index contributed by atoms with van der Waals surface area (Å²) in [5.41, 5.74) is 1.62. The molecule has 0 amide bonds. The van der Waals surface area contributed by atoms with Crippen molar-refractivity contribution in [3.8, 4) is 0 Å². The Balaban J connectivity index is 2.00. The third-order valence-corrected chi connectivity index (χ3v) is 3.11. The lowest BCUT2D eigenvalue weighted by Gasteiger charge is -2.14. The molecule has 2 aromatic rings. The van der Waals surface area contributed by atoms with Gasteiger partial charge in [0.1, 0.15) is 11.6 Å². The minimum atomic E-state index is -0.437. The predicted molar refractivity (Wildman–Crippen MR) is 70.9 cm³/mol. The Morgan fingerprint density at radius 3 is 2.74 bits per heavy atom. The Morgan fingerprint density at radius 1 is 1.26 bits per heavy atom. The van der Waals surface area contributed by atoms with Gasteiger partial charge in [-0.05, 0) is 36.2 Å². The number of hydrogen-bond acceptors (Lipinski definition) is 2. The van der Waals surface area contributed by atoms with E-state index in [-0.39, 0.29) is 16.9 Å². The van der Waals surface area contributed by atoms with Crippen LogP contribution in [0.1, 0.15) is 24.1 Å². The van der Waals surface area contributed by atoms with Gasteiger partial charge in [0, 0.05) is 18.8 Å². The zero-order chi connectivity index (χ0) is 13.8. The fourth-order valence-electron chi connectivity index (χ4n) is 1.70. The van der Waals surface area contributed by atoms with E-state index in [4.69, 9.17) is 11.6 Å². The molecule has 0 radical (unpaired) electrons. The summed E-state index contributed by atoms with van der Waals surface area (Å²) in [5.74, 6) is -0.802. The highest BCUT2D eigenvalue weighted by molar-refractivity contribution is 6.30. The molecule has 5 heteroatoms. The summed E-state index contributed by atoms with van der Waals surface area (Å²) in [6.45, 7) is 2.42. The zero-order valence-electron chi connectivity index (χ0n) is 10.3. The lowest BCUT2D eigenvalue weighted by molar-refractivity contribution is 0.559. The molecule has 0 saturated heterocycles. The molecule has 2 rings (SSSR count). The second-order valence-electron chi connectivity index (χ2n) is 4.29. The number of halogens is 3. The van der Waals surface area contributed by atoms with Crippen molar-refractivity contribution in [3.05, 3.63) is 64.4 Å². The standard InChI is InChI=1S/C14H13ClF2N2/c1-9(11-5-12(16)8-18-7-11)19-6-10-2-3-14(17)13(15)4-10/h2-5,7-9,19H,6H2,1H3. The predicted octanol–water partition coefficient (Wildman–Crippen LogP) is 3.86. The molecule has 0 fully saturated rings. The summed E-state index contributed by atoms with van der Waals surface area (Å²) in [5, 5.41) is 3.30. The number of benzene rings is 1. The Hall–Kier alpha value is -1.52. The average molecular weight is 283 g/mol. The number of pyridine rings is 1. The smallest absolute Gasteiger partial charge is 0.141 e. The molecule has 2 nitrogen and oxygen atoms in total. The first-order chi connectivity index (χ1) is 9.06. The molecule has 1 heterocycles. The molecule has 0 bridgehead atoms. The van der Waals surface area contributed by atoms with Crippen molar-refractivity contribution >= 4 is 11.6 Å². The van der Waals surface area contributed by atoms with Gasteiger partial charge in [-0.25, -0.2) is 8.78 Å². The molecule has 100 valence electrons. The maximum atomic E-state index is 13.0. The van der Waals surface area contributed by atoms with Gasteiger partial charge in [0.25, 0.3) is 0 Å². The van der Waals surface area contributed by atoms with E-state index in [2.05, 4.69) is 10.3 Å². The van der Waals surface area contributed by atoms with E-state index in [9.17, 15) is 8.78 Å². The maximum absolute atomic E-state index is 13.0. The summed E-state index contributed by atoms with van der Waals surface area (Å²) in [6.07, 6.45) is 2.77. The Labute approximate surface area is 115 Å². The van der Waals surface area contributed by atoms with Crippen molar-refractivity contribution < 1.29 is 8.78 Å². The normalized spacial score (nSPS) is 12.4. The first kappa shape index (κ1) is 13.9. The third kappa shape index (κ3) is 3.72. The van der Waals surface area contributed by atoms with Crippen molar-refractivity contribution in [2.75, 3.05) is 0 Å². The molecular formula is C14H13ClF2N2. The highest BCUT2D eigenvalue weighted by atomic mass is 35.5. The molecule has 1 aromatic carbocycles. The van der Waals surface area contributed by atoms with Crippen LogP contribution in [0.4, 0.5) is 8.78 Å². The number of nitrogens with zero attached hydrogens (tertiary/aromatic N) is 1. The van der Waals surface area contributed by atoms with Crippen LogP contribution in [0.25, 0.3) is 0 Å². The molecule has 1 unspecified atom stereocenters. The molecule has 0 aliphatic heterocycles. The van der Waals surface area contributed by atoms with Gasteiger partial charge in [-0.2, -0.15) is 0 Å². The highest BCUT2D eigenvalue weighted by Gasteiger charge is 2.07. The molecule has 1 aromatic heterocycles. The summed E-state index contributed by atoms with van der Waals surface area (Å²) < 4.78 is 26.0. The summed E-state index contributed by atoms with van der Waals surface area (Å²) >= 11 is 5.70. The number of hydrogen-bond donors (Lipinski definition) is 1. The fraction of sp³-hybridized carbons (Fsp3) is 0.214. The van der Waals surface area contributed by atoms with Crippen LogP contribution >= 0.6 is 11.6 Å². The molecular weight excluding hydrogens is 270 g/mol. The largest absolute Gasteiger partial charge is 0.306 e. The van der Waals surface area contributed by atoms with Gasteiger partial charge in [-0.15, -0.1) is 0 Å². The molecule has 0 spiro atoms. The van der Waals surface area contributed by atoms with Gasteiger partial charge in [-0.1, -0.05) is 17.7 Å². The summed E-state index contributed by atoms with van der Waals surface area (Å²) in [7, 11) is 0. The third-order valence-electron chi connectivity index (χ3n) is 2.82. The molecule has 1 atom stereocenters. The molecule has 1 N–H and O–H groups in total. The molecule has 0 aliphatic carbocycles. The van der Waals surface area contributed by atoms with Crippen molar-refractivity contribution in [1.82, 2.24) is 10.3 Å².